The molecule has 1 N–H and O–H groups in total. The lowest BCUT2D eigenvalue weighted by molar-refractivity contribution is -0.0187. The first-order chi connectivity index (χ1) is 8.11. The molecule has 17 heavy (non-hydrogen) atoms. The van der Waals surface area contributed by atoms with E-state index in [0.29, 0.717) is 0 Å². The monoisotopic (exact) mass is 237 g/mol. The lowest BCUT2D eigenvalue weighted by Gasteiger charge is -2.36. The fourth-order valence-corrected chi connectivity index (χ4v) is 2.61. The summed E-state index contributed by atoms with van der Waals surface area (Å²) in [5.74, 6) is 0. The minimum atomic E-state index is -0.520. The molecule has 0 radical (unpaired) electrons. The smallest absolute Gasteiger partial charge is 0.0948 e. The van der Waals surface area contributed by atoms with Crippen LogP contribution >= 0.6 is 0 Å². The van der Waals surface area contributed by atoms with Crippen molar-refractivity contribution in [3.63, 3.8) is 0 Å². The predicted octanol–water partition coefficient (Wildman–Crippen LogP) is 1.64. The van der Waals surface area contributed by atoms with E-state index in [0.717, 1.165) is 45.4 Å². The number of hydrogen-bond acceptors (Lipinski definition) is 3. The van der Waals surface area contributed by atoms with E-state index in [4.69, 9.17) is 0 Å². The molecule has 1 aliphatic heterocycles. The molecule has 1 aliphatic rings. The van der Waals surface area contributed by atoms with Crippen molar-refractivity contribution in [2.24, 2.45) is 0 Å². The average molecular weight is 237 g/mol. The molecule has 0 amide bonds. The highest BCUT2D eigenvalue weighted by molar-refractivity contribution is 4.99. The minimum Gasteiger partial charge on any atom is -0.389 e. The van der Waals surface area contributed by atoms with Gasteiger partial charge >= 0.3 is 0 Å². The van der Waals surface area contributed by atoms with Gasteiger partial charge in [-0.1, -0.05) is 6.92 Å². The molecule has 1 saturated heterocycles. The van der Waals surface area contributed by atoms with Gasteiger partial charge in [0.2, 0.25) is 0 Å². The topological polar surface area (TPSA) is 41.3 Å². The van der Waals surface area contributed by atoms with Crippen molar-refractivity contribution in [2.45, 2.75) is 51.8 Å². The van der Waals surface area contributed by atoms with Gasteiger partial charge in [0.25, 0.3) is 0 Å². The molecule has 2 rings (SSSR count). The van der Waals surface area contributed by atoms with Crippen LogP contribution in [-0.4, -0.2) is 38.2 Å². The summed E-state index contributed by atoms with van der Waals surface area (Å²) in [5.41, 5.74) is 0.734. The van der Waals surface area contributed by atoms with Gasteiger partial charge in [-0.25, -0.2) is 4.98 Å². The normalized spacial score (nSPS) is 26.3. The van der Waals surface area contributed by atoms with Crippen LogP contribution in [-0.2, 0) is 13.1 Å². The first-order valence-corrected chi connectivity index (χ1v) is 6.54. The maximum absolute atomic E-state index is 10.1. The number of hydrogen-bond donors (Lipinski definition) is 1. The van der Waals surface area contributed by atoms with Crippen molar-refractivity contribution in [1.29, 1.82) is 0 Å². The summed E-state index contributed by atoms with van der Waals surface area (Å²) in [7, 11) is 0. The van der Waals surface area contributed by atoms with Crippen LogP contribution in [0.3, 0.4) is 0 Å². The van der Waals surface area contributed by atoms with Crippen LogP contribution in [0.4, 0.5) is 0 Å². The summed E-state index contributed by atoms with van der Waals surface area (Å²) in [4.78, 5) is 6.54. The van der Waals surface area contributed by atoms with E-state index < -0.39 is 5.60 Å². The second-order valence-corrected chi connectivity index (χ2v) is 5.39. The molecular formula is C13H23N3O. The second-order valence-electron chi connectivity index (χ2n) is 5.39. The largest absolute Gasteiger partial charge is 0.389 e. The van der Waals surface area contributed by atoms with Crippen molar-refractivity contribution in [3.8, 4) is 0 Å². The van der Waals surface area contributed by atoms with E-state index in [-0.39, 0.29) is 0 Å². The highest BCUT2D eigenvalue weighted by Gasteiger charge is 2.28. The van der Waals surface area contributed by atoms with Crippen LogP contribution in [0.1, 0.15) is 38.8 Å². The van der Waals surface area contributed by atoms with Gasteiger partial charge in [-0.05, 0) is 32.7 Å². The molecule has 4 heteroatoms. The zero-order valence-electron chi connectivity index (χ0n) is 10.9. The maximum atomic E-state index is 10.1. The van der Waals surface area contributed by atoms with E-state index in [9.17, 15) is 5.11 Å². The summed E-state index contributed by atoms with van der Waals surface area (Å²) in [6.45, 7) is 7.88. The van der Waals surface area contributed by atoms with Gasteiger partial charge in [0, 0.05) is 25.8 Å². The zero-order valence-corrected chi connectivity index (χ0v) is 10.9. The van der Waals surface area contributed by atoms with Gasteiger partial charge < -0.3 is 9.67 Å². The maximum Gasteiger partial charge on any atom is 0.0948 e. The van der Waals surface area contributed by atoms with Crippen LogP contribution in [0, 0.1) is 0 Å². The summed E-state index contributed by atoms with van der Waals surface area (Å²) in [6.07, 6.45) is 6.97. The third-order valence-electron chi connectivity index (χ3n) is 3.40. The molecule has 1 unspecified atom stereocenters. The van der Waals surface area contributed by atoms with Gasteiger partial charge in [-0.2, -0.15) is 0 Å². The average Bonchev–Trinajstić information content (AvgIpc) is 2.65. The molecule has 0 saturated carbocycles. The molecule has 1 fully saturated rings. The Labute approximate surface area is 103 Å². The number of nitrogens with zero attached hydrogens (tertiary/aromatic N) is 3. The number of likely N-dealkylation sites (tertiary alicyclic amines) is 1. The van der Waals surface area contributed by atoms with Gasteiger partial charge in [-0.15, -0.1) is 0 Å². The first kappa shape index (κ1) is 12.6. The number of aliphatic hydroxyl groups is 1. The van der Waals surface area contributed by atoms with E-state index in [1.807, 2.05) is 19.4 Å². The van der Waals surface area contributed by atoms with Crippen molar-refractivity contribution in [1.82, 2.24) is 14.5 Å². The van der Waals surface area contributed by atoms with Crippen LogP contribution in [0.25, 0.3) is 0 Å². The SMILES string of the molecule is CCCn1cncc1CN1CCCC(C)(O)C1. The quantitative estimate of drug-likeness (QED) is 0.865. The van der Waals surface area contributed by atoms with E-state index in [1.165, 1.54) is 5.69 Å². The number of rotatable bonds is 4. The predicted molar refractivity (Wildman–Crippen MR) is 67.7 cm³/mol. The summed E-state index contributed by atoms with van der Waals surface area (Å²) in [5, 5.41) is 10.1. The molecule has 0 aromatic carbocycles. The molecule has 0 spiro atoms. The van der Waals surface area contributed by atoms with Crippen LogP contribution < -0.4 is 0 Å². The Morgan fingerprint density at radius 3 is 3.06 bits per heavy atom. The third-order valence-corrected chi connectivity index (χ3v) is 3.40. The highest BCUT2D eigenvalue weighted by atomic mass is 16.3. The van der Waals surface area contributed by atoms with Gasteiger partial charge in [0.15, 0.2) is 0 Å². The molecule has 1 aromatic rings. The summed E-state index contributed by atoms with van der Waals surface area (Å²) < 4.78 is 2.21. The van der Waals surface area contributed by atoms with Crippen LogP contribution in [0.15, 0.2) is 12.5 Å². The second kappa shape index (κ2) is 5.19. The first-order valence-electron chi connectivity index (χ1n) is 6.54. The van der Waals surface area contributed by atoms with Crippen LogP contribution in [0.2, 0.25) is 0 Å². The van der Waals surface area contributed by atoms with Crippen molar-refractivity contribution < 1.29 is 5.11 Å². The highest BCUT2D eigenvalue weighted by Crippen LogP contribution is 2.21. The minimum absolute atomic E-state index is 0.520. The van der Waals surface area contributed by atoms with E-state index >= 15 is 0 Å². The number of β-amino-alcohol motifs (C(OH)–C–C–N with tert-alkyl or cyclic N) is 1. The molecule has 1 atom stereocenters. The standard InChI is InChI=1S/C13H23N3O/c1-3-6-16-11-14-8-12(16)9-15-7-4-5-13(2,17)10-15/h8,11,17H,3-7,9-10H2,1-2H3. The Hall–Kier alpha value is -0.870. The van der Waals surface area contributed by atoms with Gasteiger partial charge in [-0.3, -0.25) is 4.90 Å². The Morgan fingerprint density at radius 2 is 2.35 bits per heavy atom. The Balaban J connectivity index is 1.98. The van der Waals surface area contributed by atoms with Crippen molar-refractivity contribution in [2.75, 3.05) is 13.1 Å². The zero-order chi connectivity index (χ0) is 12.3. The molecule has 2 heterocycles. The van der Waals surface area contributed by atoms with Gasteiger partial charge in [0.05, 0.1) is 17.6 Å². The third kappa shape index (κ3) is 3.30. The fraction of sp³-hybridized carbons (Fsp3) is 0.769. The van der Waals surface area contributed by atoms with E-state index in [2.05, 4.69) is 21.4 Å². The lowest BCUT2D eigenvalue weighted by atomic mass is 9.95. The molecule has 4 nitrogen and oxygen atoms in total. The van der Waals surface area contributed by atoms with E-state index in [1.54, 1.807) is 0 Å². The van der Waals surface area contributed by atoms with Crippen molar-refractivity contribution in [3.05, 3.63) is 18.2 Å². The number of aryl methyl sites for hydroxylation is 1. The Morgan fingerprint density at radius 1 is 1.53 bits per heavy atom. The summed E-state index contributed by atoms with van der Waals surface area (Å²) in [6, 6.07) is 0. The molecular weight excluding hydrogens is 214 g/mol. The Kier molecular flexibility index (Phi) is 3.84. The Bertz CT molecular complexity index is 359. The molecule has 0 aliphatic carbocycles. The number of piperidine rings is 1. The number of aromatic nitrogens is 2. The molecule has 1 aromatic heterocycles. The molecule has 96 valence electrons. The van der Waals surface area contributed by atoms with Crippen LogP contribution in [0.5, 0.6) is 0 Å². The van der Waals surface area contributed by atoms with Crippen molar-refractivity contribution >= 4 is 0 Å². The number of imidazole rings is 1. The fourth-order valence-electron chi connectivity index (χ4n) is 2.61. The van der Waals surface area contributed by atoms with Gasteiger partial charge in [0.1, 0.15) is 0 Å². The molecule has 0 bridgehead atoms. The summed E-state index contributed by atoms with van der Waals surface area (Å²) >= 11 is 0. The lowest BCUT2D eigenvalue weighted by Crippen LogP contribution is -2.45.